The first-order chi connectivity index (χ1) is 9.81. The molecule has 0 spiro atoms. The van der Waals surface area contributed by atoms with Gasteiger partial charge in [0, 0.05) is 12.5 Å². The Morgan fingerprint density at radius 1 is 0.750 bits per heavy atom. The molecule has 1 atom stereocenters. The molecule has 0 aliphatic carbocycles. The van der Waals surface area contributed by atoms with Crippen LogP contribution in [0.5, 0.6) is 0 Å². The summed E-state index contributed by atoms with van der Waals surface area (Å²) in [5.41, 5.74) is 5.91. The molecule has 0 amide bonds. The molecule has 0 aromatic heterocycles. The first kappa shape index (κ1) is 19.6. The zero-order chi connectivity index (χ0) is 14.9. The number of unbranched alkanes of at least 4 members (excludes halogenated alkanes) is 11. The van der Waals surface area contributed by atoms with Gasteiger partial charge in [-0.05, 0) is 12.8 Å². The smallest absolute Gasteiger partial charge is 0.198 e. The van der Waals surface area contributed by atoms with Gasteiger partial charge in [0.05, 0.1) is 0 Å². The van der Waals surface area contributed by atoms with Gasteiger partial charge in [-0.15, -0.1) is 0 Å². The average molecular weight is 282 g/mol. The predicted octanol–water partition coefficient (Wildman–Crippen LogP) is 5.29. The maximum atomic E-state index is 10.1. The van der Waals surface area contributed by atoms with Gasteiger partial charge < -0.3 is 5.73 Å². The fourth-order valence-corrected chi connectivity index (χ4v) is 2.64. The van der Waals surface area contributed by atoms with Gasteiger partial charge in [-0.1, -0.05) is 84.0 Å². The lowest BCUT2D eigenvalue weighted by molar-refractivity contribution is 0.499. The van der Waals surface area contributed by atoms with Crippen molar-refractivity contribution >= 4 is 6.29 Å². The minimum Gasteiger partial charge on any atom is -0.328 e. The van der Waals surface area contributed by atoms with Crippen LogP contribution in [-0.2, 0) is 4.79 Å². The first-order valence-corrected chi connectivity index (χ1v) is 8.91. The SMILES string of the molecule is CCCCCCCCCCCCCCC(N)CC[C]=O. The lowest BCUT2D eigenvalue weighted by Crippen LogP contribution is -2.19. The molecule has 20 heavy (non-hydrogen) atoms. The van der Waals surface area contributed by atoms with Crippen molar-refractivity contribution in [3.8, 4) is 0 Å². The molecule has 2 heteroatoms. The molecular weight excluding hydrogens is 246 g/mol. The maximum Gasteiger partial charge on any atom is 0.198 e. The van der Waals surface area contributed by atoms with Gasteiger partial charge in [0.2, 0.25) is 0 Å². The fourth-order valence-electron chi connectivity index (χ4n) is 2.64. The van der Waals surface area contributed by atoms with Gasteiger partial charge in [0.15, 0.2) is 6.29 Å². The largest absolute Gasteiger partial charge is 0.328 e. The number of nitrogens with two attached hydrogens (primary N) is 1. The van der Waals surface area contributed by atoms with Crippen molar-refractivity contribution in [1.29, 1.82) is 0 Å². The summed E-state index contributed by atoms with van der Waals surface area (Å²) in [6.45, 7) is 2.27. The average Bonchev–Trinajstić information content (AvgIpc) is 2.46. The summed E-state index contributed by atoms with van der Waals surface area (Å²) in [6, 6.07) is 0.208. The Hall–Kier alpha value is -0.370. The Kier molecular flexibility index (Phi) is 16.4. The molecule has 2 N–H and O–H groups in total. The lowest BCUT2D eigenvalue weighted by Gasteiger charge is -2.08. The zero-order valence-corrected chi connectivity index (χ0v) is 13.7. The third-order valence-electron chi connectivity index (χ3n) is 4.05. The summed E-state index contributed by atoms with van der Waals surface area (Å²) in [6.07, 6.45) is 20.8. The van der Waals surface area contributed by atoms with Crippen molar-refractivity contribution in [3.63, 3.8) is 0 Å². The van der Waals surface area contributed by atoms with Gasteiger partial charge in [-0.3, -0.25) is 4.79 Å². The van der Waals surface area contributed by atoms with E-state index in [4.69, 9.17) is 5.73 Å². The number of hydrogen-bond acceptors (Lipinski definition) is 2. The van der Waals surface area contributed by atoms with Crippen LogP contribution in [0.4, 0.5) is 0 Å². The van der Waals surface area contributed by atoms with E-state index in [0.29, 0.717) is 6.42 Å². The van der Waals surface area contributed by atoms with E-state index in [9.17, 15) is 4.79 Å². The maximum absolute atomic E-state index is 10.1. The van der Waals surface area contributed by atoms with Crippen LogP contribution in [0.1, 0.15) is 103 Å². The standard InChI is InChI=1S/C18H36NO/c1-2-3-4-5-6-7-8-9-10-11-12-13-15-18(19)16-14-17-20/h18H,2-16,19H2,1H3. The van der Waals surface area contributed by atoms with E-state index < -0.39 is 0 Å². The number of hydrogen-bond donors (Lipinski definition) is 1. The molecule has 0 saturated carbocycles. The molecule has 0 rings (SSSR count). The molecular formula is C18H36NO. The molecule has 0 bridgehead atoms. The minimum absolute atomic E-state index is 0.208. The molecule has 2 nitrogen and oxygen atoms in total. The van der Waals surface area contributed by atoms with Gasteiger partial charge in [0.25, 0.3) is 0 Å². The Labute approximate surface area is 126 Å². The second kappa shape index (κ2) is 16.7. The molecule has 1 radical (unpaired) electrons. The Morgan fingerprint density at radius 2 is 1.20 bits per heavy atom. The zero-order valence-electron chi connectivity index (χ0n) is 13.7. The highest BCUT2D eigenvalue weighted by molar-refractivity contribution is 5.50. The van der Waals surface area contributed by atoms with Crippen LogP contribution in [0.25, 0.3) is 0 Å². The third-order valence-corrected chi connectivity index (χ3v) is 4.05. The molecule has 0 aromatic rings. The molecule has 0 aliphatic rings. The summed E-state index contributed by atoms with van der Waals surface area (Å²) in [7, 11) is 0. The Balaban J connectivity index is 3.04. The fraction of sp³-hybridized carbons (Fsp3) is 0.944. The van der Waals surface area contributed by atoms with E-state index in [-0.39, 0.29) is 6.04 Å². The topological polar surface area (TPSA) is 43.1 Å². The third kappa shape index (κ3) is 15.7. The summed E-state index contributed by atoms with van der Waals surface area (Å²) < 4.78 is 0. The quantitative estimate of drug-likeness (QED) is 0.391. The van der Waals surface area contributed by atoms with Crippen molar-refractivity contribution in [1.82, 2.24) is 0 Å². The van der Waals surface area contributed by atoms with Crippen molar-refractivity contribution < 1.29 is 4.79 Å². The van der Waals surface area contributed by atoms with E-state index in [2.05, 4.69) is 6.92 Å². The number of carbonyl (C=O) groups excluding carboxylic acids is 1. The predicted molar refractivity (Wildman–Crippen MR) is 88.6 cm³/mol. The molecule has 0 saturated heterocycles. The normalized spacial score (nSPS) is 12.5. The summed E-state index contributed by atoms with van der Waals surface area (Å²) >= 11 is 0. The number of rotatable bonds is 16. The lowest BCUT2D eigenvalue weighted by atomic mass is 10.0. The summed E-state index contributed by atoms with van der Waals surface area (Å²) in [4.78, 5) is 10.1. The highest BCUT2D eigenvalue weighted by Gasteiger charge is 2.01. The highest BCUT2D eigenvalue weighted by atomic mass is 16.1. The van der Waals surface area contributed by atoms with Crippen LogP contribution in [0.3, 0.4) is 0 Å². The molecule has 0 aliphatic heterocycles. The van der Waals surface area contributed by atoms with Crippen molar-refractivity contribution in [2.45, 2.75) is 109 Å². The van der Waals surface area contributed by atoms with Crippen LogP contribution in [-0.4, -0.2) is 12.3 Å². The summed E-state index contributed by atoms with van der Waals surface area (Å²) in [5, 5.41) is 0. The molecule has 0 fully saturated rings. The van der Waals surface area contributed by atoms with Crippen LogP contribution < -0.4 is 5.73 Å². The van der Waals surface area contributed by atoms with E-state index in [1.165, 1.54) is 77.0 Å². The monoisotopic (exact) mass is 282 g/mol. The molecule has 0 aromatic carbocycles. The van der Waals surface area contributed by atoms with Gasteiger partial charge in [-0.25, -0.2) is 0 Å². The second-order valence-corrected chi connectivity index (χ2v) is 6.12. The van der Waals surface area contributed by atoms with Gasteiger partial charge >= 0.3 is 0 Å². The Morgan fingerprint density at radius 3 is 1.65 bits per heavy atom. The second-order valence-electron chi connectivity index (χ2n) is 6.12. The van der Waals surface area contributed by atoms with Crippen molar-refractivity contribution in [2.24, 2.45) is 5.73 Å². The van der Waals surface area contributed by atoms with Gasteiger partial charge in [-0.2, -0.15) is 0 Å². The molecule has 119 valence electrons. The van der Waals surface area contributed by atoms with Crippen LogP contribution >= 0.6 is 0 Å². The molecule has 0 heterocycles. The first-order valence-electron chi connectivity index (χ1n) is 8.91. The molecule has 1 unspecified atom stereocenters. The Bertz CT molecular complexity index is 194. The van der Waals surface area contributed by atoms with E-state index in [0.717, 1.165) is 12.8 Å². The van der Waals surface area contributed by atoms with E-state index in [1.54, 1.807) is 0 Å². The van der Waals surface area contributed by atoms with Crippen molar-refractivity contribution in [3.05, 3.63) is 0 Å². The van der Waals surface area contributed by atoms with Crippen molar-refractivity contribution in [2.75, 3.05) is 0 Å². The van der Waals surface area contributed by atoms with Crippen LogP contribution in [0, 0.1) is 0 Å². The summed E-state index contributed by atoms with van der Waals surface area (Å²) in [5.74, 6) is 0. The van der Waals surface area contributed by atoms with E-state index in [1.807, 2.05) is 6.29 Å². The van der Waals surface area contributed by atoms with Crippen LogP contribution in [0.15, 0.2) is 0 Å². The minimum atomic E-state index is 0.208. The van der Waals surface area contributed by atoms with E-state index >= 15 is 0 Å². The van der Waals surface area contributed by atoms with Gasteiger partial charge in [0.1, 0.15) is 0 Å². The van der Waals surface area contributed by atoms with Crippen LogP contribution in [0.2, 0.25) is 0 Å². The highest BCUT2D eigenvalue weighted by Crippen LogP contribution is 2.13.